The number of aliphatic hydroxyl groups excluding tert-OH is 1. The molecule has 0 bridgehead atoms. The van der Waals surface area contributed by atoms with Crippen molar-refractivity contribution in [3.63, 3.8) is 0 Å². The van der Waals surface area contributed by atoms with Crippen LogP contribution in [0.3, 0.4) is 0 Å². The Kier molecular flexibility index (Phi) is 12.3. The summed E-state index contributed by atoms with van der Waals surface area (Å²) >= 11 is 0. The number of ether oxygens (including phenoxy) is 2. The summed E-state index contributed by atoms with van der Waals surface area (Å²) in [6.07, 6.45) is -0.386. The molecular weight excluding hydrogens is 675 g/mol. The number of likely N-dealkylation sites (N-methyl/N-ethyl adjacent to an activating group) is 1. The van der Waals surface area contributed by atoms with Gasteiger partial charge in [-0.05, 0) is 66.9 Å². The summed E-state index contributed by atoms with van der Waals surface area (Å²) in [7, 11) is -1.93. The summed E-state index contributed by atoms with van der Waals surface area (Å²) in [5, 5.41) is 12.5. The van der Waals surface area contributed by atoms with Crippen LogP contribution in [0.25, 0.3) is 0 Å². The highest BCUT2D eigenvalue weighted by molar-refractivity contribution is 7.89. The highest BCUT2D eigenvalue weighted by Crippen LogP contribution is 2.38. The monoisotopic (exact) mass is 719 g/mol. The number of anilines is 1. The number of carbonyl (C=O) groups excluding carboxylic acids is 1. The number of nitrogens with zero attached hydrogens (tertiary/aromatic N) is 1. The van der Waals surface area contributed by atoms with Crippen molar-refractivity contribution in [3.05, 3.63) is 167 Å². The fourth-order valence-corrected chi connectivity index (χ4v) is 7.54. The van der Waals surface area contributed by atoms with E-state index in [0.717, 1.165) is 28.8 Å². The van der Waals surface area contributed by atoms with Crippen LogP contribution in [0.5, 0.6) is 0 Å². The van der Waals surface area contributed by atoms with Gasteiger partial charge in [-0.1, -0.05) is 115 Å². The lowest BCUT2D eigenvalue weighted by Gasteiger charge is -2.38. The van der Waals surface area contributed by atoms with Gasteiger partial charge in [0.2, 0.25) is 15.9 Å². The molecule has 52 heavy (non-hydrogen) atoms. The minimum atomic E-state index is -4.00. The van der Waals surface area contributed by atoms with Gasteiger partial charge in [0, 0.05) is 30.8 Å². The molecule has 4 atom stereocenters. The minimum absolute atomic E-state index is 0.0391. The van der Waals surface area contributed by atoms with Gasteiger partial charge in [0.25, 0.3) is 0 Å². The van der Waals surface area contributed by atoms with Crippen molar-refractivity contribution >= 4 is 21.6 Å². The maximum atomic E-state index is 13.9. The molecule has 4 unspecified atom stereocenters. The van der Waals surface area contributed by atoms with Crippen molar-refractivity contribution < 1.29 is 27.8 Å². The number of rotatable bonds is 14. The number of aryl methyl sites for hydroxylation is 1. The van der Waals surface area contributed by atoms with Gasteiger partial charge in [-0.2, -0.15) is 4.72 Å². The summed E-state index contributed by atoms with van der Waals surface area (Å²) < 4.78 is 42.6. The van der Waals surface area contributed by atoms with Crippen LogP contribution in [0.4, 0.5) is 5.69 Å². The Hall–Kier alpha value is -4.68. The third-order valence-electron chi connectivity index (χ3n) is 9.08. The lowest BCUT2D eigenvalue weighted by atomic mass is 9.99. The molecule has 1 aliphatic heterocycles. The predicted octanol–water partition coefficient (Wildman–Crippen LogP) is 6.69. The molecule has 1 fully saturated rings. The van der Waals surface area contributed by atoms with E-state index in [0.29, 0.717) is 24.2 Å². The highest BCUT2D eigenvalue weighted by Gasteiger charge is 2.33. The van der Waals surface area contributed by atoms with E-state index >= 15 is 0 Å². The summed E-state index contributed by atoms with van der Waals surface area (Å²) in [4.78, 5) is 16.2. The van der Waals surface area contributed by atoms with Crippen molar-refractivity contribution in [2.75, 3.05) is 18.9 Å². The summed E-state index contributed by atoms with van der Waals surface area (Å²) in [5.41, 5.74) is 5.95. The first-order valence-electron chi connectivity index (χ1n) is 17.4. The van der Waals surface area contributed by atoms with E-state index in [9.17, 15) is 18.3 Å². The lowest BCUT2D eigenvalue weighted by Crippen LogP contribution is -2.45. The molecule has 9 nitrogen and oxygen atoms in total. The van der Waals surface area contributed by atoms with Crippen molar-refractivity contribution in [1.29, 1.82) is 0 Å². The third-order valence-corrected chi connectivity index (χ3v) is 10.6. The van der Waals surface area contributed by atoms with E-state index in [-0.39, 0.29) is 30.1 Å². The summed E-state index contributed by atoms with van der Waals surface area (Å²) in [5.74, 6) is -0.496. The van der Waals surface area contributed by atoms with Crippen LogP contribution in [-0.2, 0) is 43.9 Å². The molecule has 1 aliphatic rings. The second-order valence-corrected chi connectivity index (χ2v) is 15.0. The molecule has 6 rings (SSSR count). The number of carbonyl (C=O) groups is 1. The number of hydrogen-bond acceptors (Lipinski definition) is 7. The molecule has 0 spiro atoms. The molecule has 5 aromatic carbocycles. The van der Waals surface area contributed by atoms with E-state index in [1.165, 1.54) is 17.7 Å². The van der Waals surface area contributed by atoms with Gasteiger partial charge in [0.15, 0.2) is 6.29 Å². The zero-order chi connectivity index (χ0) is 36.5. The van der Waals surface area contributed by atoms with Crippen LogP contribution in [0.1, 0.15) is 52.2 Å². The van der Waals surface area contributed by atoms with Crippen LogP contribution < -0.4 is 10.0 Å². The third kappa shape index (κ3) is 10.0. The number of hydrogen-bond donors (Lipinski definition) is 3. The van der Waals surface area contributed by atoms with Gasteiger partial charge in [-0.15, -0.1) is 0 Å². The second-order valence-electron chi connectivity index (χ2n) is 13.3. The predicted molar refractivity (Wildman–Crippen MR) is 202 cm³/mol. The highest BCUT2D eigenvalue weighted by atomic mass is 32.2. The van der Waals surface area contributed by atoms with E-state index in [1.807, 2.05) is 91.9 Å². The van der Waals surface area contributed by atoms with Crippen LogP contribution in [0, 0.1) is 6.92 Å². The molecule has 0 aromatic heterocycles. The summed E-state index contributed by atoms with van der Waals surface area (Å²) in [6.45, 7) is 3.27. The van der Waals surface area contributed by atoms with Gasteiger partial charge in [0.05, 0.1) is 23.7 Å². The van der Waals surface area contributed by atoms with Gasteiger partial charge in [-0.25, -0.2) is 8.42 Å². The van der Waals surface area contributed by atoms with Crippen LogP contribution in [-0.4, -0.2) is 50.1 Å². The molecule has 10 heteroatoms. The first kappa shape index (κ1) is 37.1. The molecular formula is C42H45N3O6S. The molecule has 1 amide bonds. The fraction of sp³-hybridized carbons (Fsp3) is 0.262. The van der Waals surface area contributed by atoms with Crippen LogP contribution in [0.15, 0.2) is 138 Å². The molecule has 1 saturated heterocycles. The zero-order valence-corrected chi connectivity index (χ0v) is 30.2. The number of sulfonamides is 1. The Morgan fingerprint density at radius 3 is 2.15 bits per heavy atom. The van der Waals surface area contributed by atoms with Crippen molar-refractivity contribution in [2.45, 2.75) is 62.4 Å². The first-order chi connectivity index (χ1) is 25.1. The maximum absolute atomic E-state index is 13.9. The van der Waals surface area contributed by atoms with Gasteiger partial charge in [-0.3, -0.25) is 9.69 Å². The van der Waals surface area contributed by atoms with Gasteiger partial charge < -0.3 is 19.9 Å². The van der Waals surface area contributed by atoms with E-state index in [1.54, 1.807) is 24.3 Å². The Bertz CT molecular complexity index is 2010. The van der Waals surface area contributed by atoms with E-state index < -0.39 is 28.3 Å². The van der Waals surface area contributed by atoms with Crippen molar-refractivity contribution in [1.82, 2.24) is 9.62 Å². The number of aliphatic hydroxyl groups is 1. The second kappa shape index (κ2) is 17.2. The van der Waals surface area contributed by atoms with Crippen LogP contribution in [0.2, 0.25) is 0 Å². The van der Waals surface area contributed by atoms with Crippen molar-refractivity contribution in [2.24, 2.45) is 0 Å². The molecule has 0 aliphatic carbocycles. The Morgan fingerprint density at radius 2 is 1.48 bits per heavy atom. The number of amides is 1. The molecule has 5 aromatic rings. The Balaban J connectivity index is 1.21. The molecule has 0 saturated carbocycles. The SMILES string of the molecule is Cc1ccc(S(=O)(=O)NC(Cc2ccccc2)C(=O)Nc2cccc(C3OC(CN(C)Cc4ccccc4)CC(c4ccc(CO)cc4)O3)c2)cc1. The van der Waals surface area contributed by atoms with Gasteiger partial charge in [0.1, 0.15) is 6.04 Å². The average molecular weight is 720 g/mol. The van der Waals surface area contributed by atoms with Crippen molar-refractivity contribution in [3.8, 4) is 0 Å². The molecule has 1 heterocycles. The van der Waals surface area contributed by atoms with Crippen LogP contribution >= 0.6 is 0 Å². The minimum Gasteiger partial charge on any atom is -0.392 e. The lowest BCUT2D eigenvalue weighted by molar-refractivity contribution is -0.252. The quantitative estimate of drug-likeness (QED) is 0.117. The largest absolute Gasteiger partial charge is 0.392 e. The standard InChI is InChI=1S/C42H45N3O6S/c1-30-16-22-38(23-17-30)52(48,49)44-39(24-31-10-5-3-6-11-31)41(47)43-36-15-9-14-35(25-36)42-50-37(28-45(2)27-32-12-7-4-8-13-32)26-40(51-42)34-20-18-33(29-46)19-21-34/h3-23,25,37,39-40,42,44,46H,24,26-29H2,1-2H3,(H,43,47). The first-order valence-corrected chi connectivity index (χ1v) is 18.9. The maximum Gasteiger partial charge on any atom is 0.242 e. The average Bonchev–Trinajstić information content (AvgIpc) is 3.15. The topological polar surface area (TPSA) is 117 Å². The summed E-state index contributed by atoms with van der Waals surface area (Å²) in [6, 6.07) is 40.0. The Morgan fingerprint density at radius 1 is 0.808 bits per heavy atom. The zero-order valence-electron chi connectivity index (χ0n) is 29.4. The molecule has 0 radical (unpaired) electrons. The normalized spacial score (nSPS) is 18.2. The number of benzene rings is 5. The van der Waals surface area contributed by atoms with E-state index in [4.69, 9.17) is 9.47 Å². The molecule has 3 N–H and O–H groups in total. The van der Waals surface area contributed by atoms with E-state index in [2.05, 4.69) is 34.1 Å². The smallest absolute Gasteiger partial charge is 0.242 e. The molecule has 270 valence electrons. The fourth-order valence-electron chi connectivity index (χ4n) is 6.34. The Labute approximate surface area is 306 Å². The van der Waals surface area contributed by atoms with Gasteiger partial charge >= 0.3 is 0 Å². The number of nitrogens with one attached hydrogen (secondary N) is 2.